The van der Waals surface area contributed by atoms with Crippen LogP contribution < -0.4 is 5.32 Å². The van der Waals surface area contributed by atoms with Crippen LogP contribution in [0.5, 0.6) is 0 Å². The van der Waals surface area contributed by atoms with Gasteiger partial charge in [-0.25, -0.2) is 4.98 Å². The van der Waals surface area contributed by atoms with Gasteiger partial charge in [0.25, 0.3) is 0 Å². The van der Waals surface area contributed by atoms with E-state index in [2.05, 4.69) is 15.4 Å². The van der Waals surface area contributed by atoms with Crippen LogP contribution in [0.2, 0.25) is 0 Å². The van der Waals surface area contributed by atoms with E-state index in [9.17, 15) is 4.79 Å². The molecule has 0 saturated carbocycles. The lowest BCUT2D eigenvalue weighted by molar-refractivity contribution is -0.158. The number of nitrogens with zero attached hydrogens (tertiary/aromatic N) is 3. The maximum atomic E-state index is 12.1. The number of ether oxygens (including phenoxy) is 1. The zero-order chi connectivity index (χ0) is 12.5. The maximum absolute atomic E-state index is 12.1. The van der Waals surface area contributed by atoms with Gasteiger partial charge in [0.15, 0.2) is 0 Å². The molecule has 0 radical (unpaired) electrons. The van der Waals surface area contributed by atoms with Gasteiger partial charge in [-0.15, -0.1) is 0 Å². The number of carbonyl (C=O) groups excluding carboxylic acids is 1. The van der Waals surface area contributed by atoms with Crippen molar-refractivity contribution in [2.45, 2.75) is 26.3 Å². The standard InChI is InChI=1S/C11H18N4O2/c1-4-8(9-12-7-13-15(9)3)14-10(16)11(2)5-17-6-11/h7-8H,4-6H2,1-3H3,(H,14,16)/t8-/m1/s1. The first-order chi connectivity index (χ1) is 8.07. The zero-order valence-corrected chi connectivity index (χ0v) is 10.4. The molecule has 0 unspecified atom stereocenters. The number of aryl methyl sites for hydroxylation is 1. The average Bonchev–Trinajstić information content (AvgIpc) is 2.68. The van der Waals surface area contributed by atoms with Crippen molar-refractivity contribution in [3.8, 4) is 0 Å². The quantitative estimate of drug-likeness (QED) is 0.825. The first-order valence-corrected chi connectivity index (χ1v) is 5.79. The highest BCUT2D eigenvalue weighted by Crippen LogP contribution is 2.28. The summed E-state index contributed by atoms with van der Waals surface area (Å²) in [5, 5.41) is 7.03. The van der Waals surface area contributed by atoms with Crippen molar-refractivity contribution in [2.75, 3.05) is 13.2 Å². The van der Waals surface area contributed by atoms with Gasteiger partial charge in [-0.2, -0.15) is 5.10 Å². The smallest absolute Gasteiger partial charge is 0.231 e. The molecule has 1 fully saturated rings. The zero-order valence-electron chi connectivity index (χ0n) is 10.4. The van der Waals surface area contributed by atoms with Crippen LogP contribution >= 0.6 is 0 Å². The monoisotopic (exact) mass is 238 g/mol. The lowest BCUT2D eigenvalue weighted by atomic mass is 9.87. The van der Waals surface area contributed by atoms with Crippen molar-refractivity contribution in [3.05, 3.63) is 12.2 Å². The molecule has 1 aliphatic heterocycles. The molecule has 6 nitrogen and oxygen atoms in total. The van der Waals surface area contributed by atoms with Gasteiger partial charge < -0.3 is 10.1 Å². The van der Waals surface area contributed by atoms with Crippen LogP contribution in [0.3, 0.4) is 0 Å². The highest BCUT2D eigenvalue weighted by molar-refractivity contribution is 5.83. The molecule has 0 bridgehead atoms. The minimum atomic E-state index is -0.383. The van der Waals surface area contributed by atoms with E-state index in [0.29, 0.717) is 13.2 Å². The van der Waals surface area contributed by atoms with Crippen molar-refractivity contribution < 1.29 is 9.53 Å². The molecule has 1 aromatic rings. The Labute approximate surface area is 100 Å². The fourth-order valence-electron chi connectivity index (χ4n) is 1.84. The second-order valence-electron chi connectivity index (χ2n) is 4.73. The Bertz CT molecular complexity index is 411. The summed E-state index contributed by atoms with van der Waals surface area (Å²) < 4.78 is 6.78. The number of rotatable bonds is 4. The Morgan fingerprint density at radius 3 is 2.82 bits per heavy atom. The summed E-state index contributed by atoms with van der Waals surface area (Å²) in [4.78, 5) is 16.2. The summed E-state index contributed by atoms with van der Waals surface area (Å²) in [6.45, 7) is 4.91. The van der Waals surface area contributed by atoms with E-state index in [0.717, 1.165) is 12.2 Å². The van der Waals surface area contributed by atoms with Crippen LogP contribution in [-0.2, 0) is 16.6 Å². The van der Waals surface area contributed by atoms with Crippen molar-refractivity contribution in [2.24, 2.45) is 12.5 Å². The molecule has 1 aliphatic rings. The van der Waals surface area contributed by atoms with Crippen LogP contribution in [0, 0.1) is 5.41 Å². The molecule has 1 atom stereocenters. The van der Waals surface area contributed by atoms with Gasteiger partial charge in [0.1, 0.15) is 12.2 Å². The lowest BCUT2D eigenvalue weighted by Gasteiger charge is -2.37. The summed E-state index contributed by atoms with van der Waals surface area (Å²) in [7, 11) is 1.82. The van der Waals surface area contributed by atoms with Gasteiger partial charge >= 0.3 is 0 Å². The third-order valence-electron chi connectivity index (χ3n) is 3.16. The molecule has 0 aliphatic carbocycles. The summed E-state index contributed by atoms with van der Waals surface area (Å²) in [6, 6.07) is -0.0903. The molecule has 1 saturated heterocycles. The molecule has 94 valence electrons. The highest BCUT2D eigenvalue weighted by Gasteiger charge is 2.41. The summed E-state index contributed by atoms with van der Waals surface area (Å²) in [5.41, 5.74) is -0.383. The molecule has 2 heterocycles. The van der Waals surface area contributed by atoms with Crippen LogP contribution in [0.15, 0.2) is 6.33 Å². The highest BCUT2D eigenvalue weighted by atomic mass is 16.5. The molecule has 1 amide bonds. The minimum absolute atomic E-state index is 0.0265. The number of nitrogens with one attached hydrogen (secondary N) is 1. The van der Waals surface area contributed by atoms with Gasteiger partial charge in [0, 0.05) is 7.05 Å². The van der Waals surface area contributed by atoms with Crippen LogP contribution in [0.1, 0.15) is 32.1 Å². The molecule has 6 heteroatoms. The third-order valence-corrected chi connectivity index (χ3v) is 3.16. The van der Waals surface area contributed by atoms with Gasteiger partial charge in [0.05, 0.1) is 24.7 Å². The summed E-state index contributed by atoms with van der Waals surface area (Å²) in [5.74, 6) is 0.809. The Hall–Kier alpha value is -1.43. The fraction of sp³-hybridized carbons (Fsp3) is 0.727. The van der Waals surface area contributed by atoms with Gasteiger partial charge in [-0.3, -0.25) is 9.48 Å². The van der Waals surface area contributed by atoms with Crippen molar-refractivity contribution in [1.82, 2.24) is 20.1 Å². The first-order valence-electron chi connectivity index (χ1n) is 5.79. The summed E-state index contributed by atoms with van der Waals surface area (Å²) in [6.07, 6.45) is 2.29. The Kier molecular flexibility index (Phi) is 3.15. The average molecular weight is 238 g/mol. The van der Waals surface area contributed by atoms with E-state index in [-0.39, 0.29) is 17.4 Å². The maximum Gasteiger partial charge on any atom is 0.231 e. The molecule has 1 N–H and O–H groups in total. The normalized spacial score (nSPS) is 19.5. The molecular weight excluding hydrogens is 220 g/mol. The Morgan fingerprint density at radius 2 is 2.41 bits per heavy atom. The summed E-state index contributed by atoms with van der Waals surface area (Å²) >= 11 is 0. The van der Waals surface area contributed by atoms with Crippen LogP contribution in [0.25, 0.3) is 0 Å². The predicted molar refractivity (Wildman–Crippen MR) is 61.1 cm³/mol. The number of hydrogen-bond acceptors (Lipinski definition) is 4. The molecule has 2 rings (SSSR count). The molecule has 1 aromatic heterocycles. The van der Waals surface area contributed by atoms with Gasteiger partial charge in [0.2, 0.25) is 5.91 Å². The largest absolute Gasteiger partial charge is 0.379 e. The van der Waals surface area contributed by atoms with Crippen molar-refractivity contribution in [1.29, 1.82) is 0 Å². The van der Waals surface area contributed by atoms with Crippen molar-refractivity contribution >= 4 is 5.91 Å². The molecule has 0 aromatic carbocycles. The number of hydrogen-bond donors (Lipinski definition) is 1. The first kappa shape index (κ1) is 12.0. The topological polar surface area (TPSA) is 69.0 Å². The van der Waals surface area contributed by atoms with Gasteiger partial charge in [-0.05, 0) is 13.3 Å². The van der Waals surface area contributed by atoms with Crippen molar-refractivity contribution in [3.63, 3.8) is 0 Å². The van der Waals surface area contributed by atoms with E-state index < -0.39 is 0 Å². The minimum Gasteiger partial charge on any atom is -0.379 e. The second kappa shape index (κ2) is 4.44. The Balaban J connectivity index is 2.06. The third kappa shape index (κ3) is 2.17. The number of carbonyl (C=O) groups is 1. The van der Waals surface area contributed by atoms with E-state index in [1.807, 2.05) is 20.9 Å². The lowest BCUT2D eigenvalue weighted by Crippen LogP contribution is -2.52. The van der Waals surface area contributed by atoms with Crippen LogP contribution in [0.4, 0.5) is 0 Å². The molecule has 17 heavy (non-hydrogen) atoms. The van der Waals surface area contributed by atoms with Gasteiger partial charge in [-0.1, -0.05) is 6.92 Å². The predicted octanol–water partition coefficient (Wildman–Crippen LogP) is 0.419. The van der Waals surface area contributed by atoms with Crippen LogP contribution in [-0.4, -0.2) is 33.9 Å². The fourth-order valence-corrected chi connectivity index (χ4v) is 1.84. The van der Waals surface area contributed by atoms with E-state index in [1.165, 1.54) is 6.33 Å². The molecular formula is C11H18N4O2. The number of amides is 1. The molecule has 0 spiro atoms. The van der Waals surface area contributed by atoms with E-state index in [1.54, 1.807) is 4.68 Å². The van der Waals surface area contributed by atoms with E-state index >= 15 is 0 Å². The SMILES string of the molecule is CC[C@@H](NC(=O)C1(C)COC1)c1ncnn1C. The van der Waals surface area contributed by atoms with E-state index in [4.69, 9.17) is 4.74 Å². The Morgan fingerprint density at radius 1 is 1.71 bits per heavy atom. The number of aromatic nitrogens is 3. The second-order valence-corrected chi connectivity index (χ2v) is 4.73.